The largest absolute Gasteiger partial charge is 0.339 e. The van der Waals surface area contributed by atoms with Crippen LogP contribution in [0.15, 0.2) is 0 Å². The van der Waals surface area contributed by atoms with E-state index in [0.717, 1.165) is 31.3 Å². The Morgan fingerprint density at radius 3 is 2.50 bits per heavy atom. The second-order valence-corrected chi connectivity index (χ2v) is 9.72. The maximum absolute atomic E-state index is 12.1. The van der Waals surface area contributed by atoms with Gasteiger partial charge in [0.1, 0.15) is 5.82 Å². The first kappa shape index (κ1) is 15.8. The van der Waals surface area contributed by atoms with Crippen molar-refractivity contribution >= 4 is 15.8 Å². The van der Waals surface area contributed by atoms with Crippen molar-refractivity contribution in [3.05, 3.63) is 5.82 Å². The van der Waals surface area contributed by atoms with E-state index in [1.807, 2.05) is 0 Å². The smallest absolute Gasteiger partial charge is 0.227 e. The number of nitrogens with zero attached hydrogens (tertiary/aromatic N) is 4. The molecule has 0 radical (unpaired) electrons. The van der Waals surface area contributed by atoms with E-state index in [4.69, 9.17) is 0 Å². The molecule has 2 aliphatic heterocycles. The summed E-state index contributed by atoms with van der Waals surface area (Å²) in [6, 6.07) is 0. The molecule has 0 bridgehead atoms. The Bertz CT molecular complexity index is 650. The maximum atomic E-state index is 12.1. The van der Waals surface area contributed by atoms with Crippen LogP contribution < -0.4 is 4.90 Å². The van der Waals surface area contributed by atoms with Crippen molar-refractivity contribution in [2.24, 2.45) is 11.8 Å². The topological polar surface area (TPSA) is 68.1 Å². The third-order valence-corrected chi connectivity index (χ3v) is 6.98. The van der Waals surface area contributed by atoms with Gasteiger partial charge in [0.05, 0.1) is 11.0 Å². The molecule has 7 heteroatoms. The van der Waals surface area contributed by atoms with Gasteiger partial charge in [-0.15, -0.1) is 10.2 Å². The lowest BCUT2D eigenvalue weighted by atomic mass is 10.1. The summed E-state index contributed by atoms with van der Waals surface area (Å²) in [5.74, 6) is 3.26. The standard InChI is InChI=1S/C15H26N4O2S/c1-10(2)7-19-14(11(3)4)16-17-15(19)18-8-12-5-6-22(20,21)13(12)9-18/h10-13H,5-9H2,1-4H3/t12-,13+/m0/s1. The first-order chi connectivity index (χ1) is 10.3. The fourth-order valence-corrected chi connectivity index (χ4v) is 5.81. The monoisotopic (exact) mass is 326 g/mol. The molecule has 22 heavy (non-hydrogen) atoms. The molecular weight excluding hydrogens is 300 g/mol. The SMILES string of the molecule is CC(C)Cn1c(C(C)C)nnc1N1C[C@@H]2CCS(=O)(=O)[C@@H]2C1. The van der Waals surface area contributed by atoms with Crippen molar-refractivity contribution in [1.82, 2.24) is 14.8 Å². The molecular formula is C15H26N4O2S. The third-order valence-electron chi connectivity index (χ3n) is 4.72. The molecule has 2 saturated heterocycles. The van der Waals surface area contributed by atoms with Gasteiger partial charge in [-0.2, -0.15) is 0 Å². The van der Waals surface area contributed by atoms with Crippen molar-refractivity contribution in [2.75, 3.05) is 23.7 Å². The van der Waals surface area contributed by atoms with Crippen LogP contribution in [0.1, 0.15) is 45.9 Å². The molecule has 0 saturated carbocycles. The predicted molar refractivity (Wildman–Crippen MR) is 86.8 cm³/mol. The lowest BCUT2D eigenvalue weighted by Gasteiger charge is -2.21. The lowest BCUT2D eigenvalue weighted by Crippen LogP contribution is -2.29. The molecule has 0 amide bonds. The minimum atomic E-state index is -2.91. The fourth-order valence-electron chi connectivity index (χ4n) is 3.66. The molecule has 3 rings (SSSR count). The summed E-state index contributed by atoms with van der Waals surface area (Å²) >= 11 is 0. The van der Waals surface area contributed by atoms with E-state index in [-0.39, 0.29) is 11.2 Å². The first-order valence-corrected chi connectivity index (χ1v) is 9.90. The quantitative estimate of drug-likeness (QED) is 0.842. The number of fused-ring (bicyclic) bond motifs is 1. The van der Waals surface area contributed by atoms with Gasteiger partial charge in [-0.1, -0.05) is 27.7 Å². The zero-order chi connectivity index (χ0) is 16.1. The van der Waals surface area contributed by atoms with Crippen LogP contribution in [0.5, 0.6) is 0 Å². The summed E-state index contributed by atoms with van der Waals surface area (Å²) in [7, 11) is -2.91. The van der Waals surface area contributed by atoms with Gasteiger partial charge >= 0.3 is 0 Å². The average Bonchev–Trinajstić information content (AvgIpc) is 3.04. The van der Waals surface area contributed by atoms with Crippen LogP contribution in [0, 0.1) is 11.8 Å². The Hall–Kier alpha value is -1.11. The van der Waals surface area contributed by atoms with Gasteiger partial charge in [0.15, 0.2) is 9.84 Å². The summed E-state index contributed by atoms with van der Waals surface area (Å²) in [4.78, 5) is 2.13. The minimum absolute atomic E-state index is 0.209. The second kappa shape index (κ2) is 5.51. The normalized spacial score (nSPS) is 27.1. The highest BCUT2D eigenvalue weighted by atomic mass is 32.2. The molecule has 0 aromatic carbocycles. The Labute approximate surface area is 132 Å². The van der Waals surface area contributed by atoms with Gasteiger partial charge < -0.3 is 4.90 Å². The van der Waals surface area contributed by atoms with Gasteiger partial charge in [-0.3, -0.25) is 4.57 Å². The van der Waals surface area contributed by atoms with E-state index in [2.05, 4.69) is 47.4 Å². The van der Waals surface area contributed by atoms with Crippen LogP contribution in [-0.4, -0.2) is 47.3 Å². The number of aromatic nitrogens is 3. The van der Waals surface area contributed by atoms with E-state index in [1.54, 1.807) is 0 Å². The Morgan fingerprint density at radius 2 is 1.91 bits per heavy atom. The molecule has 0 N–H and O–H groups in total. The summed E-state index contributed by atoms with van der Waals surface area (Å²) < 4.78 is 26.4. The number of hydrogen-bond acceptors (Lipinski definition) is 5. The van der Waals surface area contributed by atoms with Crippen molar-refractivity contribution in [3.63, 3.8) is 0 Å². The Kier molecular flexibility index (Phi) is 3.95. The molecule has 3 heterocycles. The van der Waals surface area contributed by atoms with Crippen molar-refractivity contribution in [3.8, 4) is 0 Å². The molecule has 2 atom stereocenters. The van der Waals surface area contributed by atoms with E-state index >= 15 is 0 Å². The zero-order valence-corrected chi connectivity index (χ0v) is 14.7. The Balaban J connectivity index is 1.90. The van der Waals surface area contributed by atoms with E-state index < -0.39 is 9.84 Å². The van der Waals surface area contributed by atoms with Crippen LogP contribution in [0.3, 0.4) is 0 Å². The highest BCUT2D eigenvalue weighted by Gasteiger charge is 2.47. The van der Waals surface area contributed by atoms with Gasteiger partial charge in [0.25, 0.3) is 0 Å². The van der Waals surface area contributed by atoms with Crippen LogP contribution in [0.25, 0.3) is 0 Å². The van der Waals surface area contributed by atoms with Gasteiger partial charge in [0, 0.05) is 25.6 Å². The van der Waals surface area contributed by atoms with Crippen molar-refractivity contribution in [2.45, 2.75) is 51.8 Å². The van der Waals surface area contributed by atoms with Crippen LogP contribution in [0.4, 0.5) is 5.95 Å². The van der Waals surface area contributed by atoms with Crippen molar-refractivity contribution < 1.29 is 8.42 Å². The lowest BCUT2D eigenvalue weighted by molar-refractivity contribution is 0.495. The molecule has 1 aromatic heterocycles. The molecule has 124 valence electrons. The minimum Gasteiger partial charge on any atom is -0.339 e. The van der Waals surface area contributed by atoms with Gasteiger partial charge in [0.2, 0.25) is 5.95 Å². The number of anilines is 1. The number of rotatable bonds is 4. The molecule has 6 nitrogen and oxygen atoms in total. The van der Waals surface area contributed by atoms with Crippen molar-refractivity contribution in [1.29, 1.82) is 0 Å². The van der Waals surface area contributed by atoms with E-state index in [0.29, 0.717) is 24.1 Å². The Morgan fingerprint density at radius 1 is 1.18 bits per heavy atom. The van der Waals surface area contributed by atoms with Crippen LogP contribution in [0.2, 0.25) is 0 Å². The molecule has 1 aromatic rings. The number of sulfone groups is 1. The average molecular weight is 326 g/mol. The maximum Gasteiger partial charge on any atom is 0.227 e. The van der Waals surface area contributed by atoms with E-state index in [1.165, 1.54) is 0 Å². The van der Waals surface area contributed by atoms with Gasteiger partial charge in [-0.25, -0.2) is 8.42 Å². The molecule has 0 spiro atoms. The summed E-state index contributed by atoms with van der Waals surface area (Å²) in [5.41, 5.74) is 0. The van der Waals surface area contributed by atoms with E-state index in [9.17, 15) is 8.42 Å². The summed E-state index contributed by atoms with van der Waals surface area (Å²) in [5, 5.41) is 8.55. The third kappa shape index (κ3) is 2.64. The summed E-state index contributed by atoms with van der Waals surface area (Å²) in [6.45, 7) is 10.8. The summed E-state index contributed by atoms with van der Waals surface area (Å²) in [6.07, 6.45) is 0.791. The molecule has 0 unspecified atom stereocenters. The fraction of sp³-hybridized carbons (Fsp3) is 0.867. The molecule has 2 aliphatic rings. The van der Waals surface area contributed by atoms with Crippen LogP contribution in [-0.2, 0) is 16.4 Å². The molecule has 2 fully saturated rings. The van der Waals surface area contributed by atoms with Crippen LogP contribution >= 0.6 is 0 Å². The second-order valence-electron chi connectivity index (χ2n) is 7.38. The first-order valence-electron chi connectivity index (χ1n) is 8.19. The highest BCUT2D eigenvalue weighted by molar-refractivity contribution is 7.92. The molecule has 0 aliphatic carbocycles. The number of hydrogen-bond donors (Lipinski definition) is 0. The van der Waals surface area contributed by atoms with Gasteiger partial charge in [-0.05, 0) is 18.3 Å². The predicted octanol–water partition coefficient (Wildman–Crippen LogP) is 1.68. The highest BCUT2D eigenvalue weighted by Crippen LogP contribution is 2.36. The zero-order valence-electron chi connectivity index (χ0n) is 13.9.